The Hall–Kier alpha value is -1.51. The van der Waals surface area contributed by atoms with Crippen molar-refractivity contribution >= 4 is 12.0 Å². The Morgan fingerprint density at radius 2 is 1.58 bits per heavy atom. The van der Waals surface area contributed by atoms with Gasteiger partial charge in [-0.05, 0) is 39.5 Å². The zero-order chi connectivity index (χ0) is 18.3. The molecule has 1 N–H and O–H groups in total. The molecule has 0 atom stereocenters. The van der Waals surface area contributed by atoms with Crippen LogP contribution in [0, 0.1) is 5.92 Å². The SMILES string of the molecule is CC(C)(C)OC(=O)N1CC(O)(C2CCN(C(=O)C(F)(F)F)CC2)C1. The summed E-state index contributed by atoms with van der Waals surface area (Å²) in [5, 5.41) is 10.6. The first-order chi connectivity index (χ1) is 10.8. The van der Waals surface area contributed by atoms with Crippen LogP contribution in [0.2, 0.25) is 0 Å². The minimum Gasteiger partial charge on any atom is -0.444 e. The molecule has 0 aromatic heterocycles. The monoisotopic (exact) mass is 352 g/mol. The summed E-state index contributed by atoms with van der Waals surface area (Å²) in [6.45, 7) is 5.33. The van der Waals surface area contributed by atoms with Gasteiger partial charge in [-0.1, -0.05) is 0 Å². The molecule has 9 heteroatoms. The summed E-state index contributed by atoms with van der Waals surface area (Å²) in [6, 6.07) is 0. The Kier molecular flexibility index (Phi) is 4.78. The number of alkyl halides is 3. The number of likely N-dealkylation sites (tertiary alicyclic amines) is 2. The molecule has 0 unspecified atom stereocenters. The van der Waals surface area contributed by atoms with Crippen molar-refractivity contribution in [1.29, 1.82) is 0 Å². The number of aliphatic hydroxyl groups is 1. The van der Waals surface area contributed by atoms with Crippen LogP contribution in [-0.2, 0) is 9.53 Å². The fourth-order valence-corrected chi connectivity index (χ4v) is 3.13. The number of ether oxygens (including phenoxy) is 1. The molecule has 0 aromatic carbocycles. The van der Waals surface area contributed by atoms with Gasteiger partial charge in [0, 0.05) is 13.1 Å². The Balaban J connectivity index is 1.83. The molecule has 6 nitrogen and oxygen atoms in total. The van der Waals surface area contributed by atoms with E-state index in [1.54, 1.807) is 20.8 Å². The average molecular weight is 352 g/mol. The lowest BCUT2D eigenvalue weighted by molar-refractivity contribution is -0.189. The van der Waals surface area contributed by atoms with Crippen LogP contribution in [0.15, 0.2) is 0 Å². The Bertz CT molecular complexity index is 502. The summed E-state index contributed by atoms with van der Waals surface area (Å²) in [5.41, 5.74) is -1.75. The molecule has 0 saturated carbocycles. The van der Waals surface area contributed by atoms with Gasteiger partial charge in [-0.25, -0.2) is 4.79 Å². The highest BCUT2D eigenvalue weighted by Gasteiger charge is 2.52. The van der Waals surface area contributed by atoms with Gasteiger partial charge in [0.1, 0.15) is 11.2 Å². The molecule has 0 radical (unpaired) electrons. The predicted octanol–water partition coefficient (Wildman–Crippen LogP) is 1.77. The van der Waals surface area contributed by atoms with Crippen molar-refractivity contribution in [1.82, 2.24) is 9.80 Å². The first-order valence-electron chi connectivity index (χ1n) is 7.88. The molecule has 2 heterocycles. The summed E-state index contributed by atoms with van der Waals surface area (Å²) in [6.07, 6.45) is -4.83. The number of carbonyl (C=O) groups is 2. The van der Waals surface area contributed by atoms with Crippen LogP contribution in [0.25, 0.3) is 0 Å². The number of nitrogens with zero attached hydrogens (tertiary/aromatic N) is 2. The number of β-amino-alcohol motifs (C(OH)–C–C–N with tert-alkyl or cyclic N) is 1. The molecule has 2 aliphatic heterocycles. The molecule has 0 aromatic rings. The number of hydrogen-bond donors (Lipinski definition) is 1. The molecule has 2 fully saturated rings. The van der Waals surface area contributed by atoms with Gasteiger partial charge < -0.3 is 19.6 Å². The van der Waals surface area contributed by atoms with Crippen molar-refractivity contribution in [2.75, 3.05) is 26.2 Å². The van der Waals surface area contributed by atoms with Crippen LogP contribution in [0.4, 0.5) is 18.0 Å². The second kappa shape index (κ2) is 6.09. The van der Waals surface area contributed by atoms with Crippen LogP contribution in [0.5, 0.6) is 0 Å². The van der Waals surface area contributed by atoms with Gasteiger partial charge in [0.05, 0.1) is 13.1 Å². The Morgan fingerprint density at radius 1 is 1.08 bits per heavy atom. The van der Waals surface area contributed by atoms with E-state index in [2.05, 4.69) is 0 Å². The third-order valence-corrected chi connectivity index (χ3v) is 4.37. The van der Waals surface area contributed by atoms with Gasteiger partial charge in [-0.2, -0.15) is 13.2 Å². The molecule has 0 spiro atoms. The van der Waals surface area contributed by atoms with E-state index in [1.165, 1.54) is 4.90 Å². The molecule has 138 valence electrons. The van der Waals surface area contributed by atoms with E-state index in [0.29, 0.717) is 0 Å². The van der Waals surface area contributed by atoms with Crippen molar-refractivity contribution in [3.63, 3.8) is 0 Å². The second-order valence-corrected chi connectivity index (χ2v) is 7.50. The topological polar surface area (TPSA) is 70.1 Å². The van der Waals surface area contributed by atoms with Crippen molar-refractivity contribution in [3.8, 4) is 0 Å². The zero-order valence-corrected chi connectivity index (χ0v) is 14.0. The number of piperidine rings is 1. The van der Waals surface area contributed by atoms with Gasteiger partial charge in [0.15, 0.2) is 0 Å². The van der Waals surface area contributed by atoms with Crippen molar-refractivity contribution in [3.05, 3.63) is 0 Å². The molecule has 0 aliphatic carbocycles. The van der Waals surface area contributed by atoms with Gasteiger partial charge in [0.25, 0.3) is 0 Å². The predicted molar refractivity (Wildman–Crippen MR) is 78.1 cm³/mol. The minimum atomic E-state index is -4.87. The summed E-state index contributed by atoms with van der Waals surface area (Å²) >= 11 is 0. The number of amides is 2. The number of carbonyl (C=O) groups excluding carboxylic acids is 2. The summed E-state index contributed by atoms with van der Waals surface area (Å²) in [4.78, 5) is 25.2. The maximum Gasteiger partial charge on any atom is 0.471 e. The number of rotatable bonds is 1. The van der Waals surface area contributed by atoms with Crippen molar-refractivity contribution in [2.45, 2.75) is 51.0 Å². The zero-order valence-electron chi connectivity index (χ0n) is 14.0. The fraction of sp³-hybridized carbons (Fsp3) is 0.867. The third-order valence-electron chi connectivity index (χ3n) is 4.37. The van der Waals surface area contributed by atoms with Gasteiger partial charge in [-0.3, -0.25) is 4.79 Å². The summed E-state index contributed by atoms with van der Waals surface area (Å²) < 4.78 is 42.5. The molecule has 2 amide bonds. The fourth-order valence-electron chi connectivity index (χ4n) is 3.13. The van der Waals surface area contributed by atoms with Gasteiger partial charge in [0.2, 0.25) is 0 Å². The highest BCUT2D eigenvalue weighted by molar-refractivity contribution is 5.81. The van der Waals surface area contributed by atoms with E-state index in [4.69, 9.17) is 4.74 Å². The van der Waals surface area contributed by atoms with E-state index in [1.807, 2.05) is 0 Å². The first kappa shape index (κ1) is 18.8. The van der Waals surface area contributed by atoms with Crippen LogP contribution < -0.4 is 0 Å². The third kappa shape index (κ3) is 4.12. The van der Waals surface area contributed by atoms with E-state index in [-0.39, 0.29) is 44.9 Å². The number of halogens is 3. The van der Waals surface area contributed by atoms with Crippen LogP contribution >= 0.6 is 0 Å². The highest BCUT2D eigenvalue weighted by atomic mass is 19.4. The quantitative estimate of drug-likeness (QED) is 0.781. The van der Waals surface area contributed by atoms with E-state index in [9.17, 15) is 27.9 Å². The second-order valence-electron chi connectivity index (χ2n) is 7.50. The Labute approximate surface area is 138 Å². The summed E-state index contributed by atoms with van der Waals surface area (Å²) in [7, 11) is 0. The van der Waals surface area contributed by atoms with Gasteiger partial charge >= 0.3 is 18.2 Å². The highest BCUT2D eigenvalue weighted by Crippen LogP contribution is 2.37. The standard InChI is InChI=1S/C15H23F3N2O4/c1-13(2,3)24-12(22)20-8-14(23,9-20)10-4-6-19(7-5-10)11(21)15(16,17)18/h10,23H,4-9H2,1-3H3. The lowest BCUT2D eigenvalue weighted by atomic mass is 9.75. The van der Waals surface area contributed by atoms with Crippen LogP contribution in [0.1, 0.15) is 33.6 Å². The van der Waals surface area contributed by atoms with E-state index >= 15 is 0 Å². The smallest absolute Gasteiger partial charge is 0.444 e. The van der Waals surface area contributed by atoms with Crippen LogP contribution in [0.3, 0.4) is 0 Å². The van der Waals surface area contributed by atoms with E-state index < -0.39 is 29.4 Å². The molecule has 24 heavy (non-hydrogen) atoms. The maximum absolute atomic E-state index is 12.4. The molecule has 2 rings (SSSR count). The number of hydrogen-bond acceptors (Lipinski definition) is 4. The molecular weight excluding hydrogens is 329 g/mol. The molecule has 0 bridgehead atoms. The first-order valence-corrected chi connectivity index (χ1v) is 7.88. The Morgan fingerprint density at radius 3 is 2.00 bits per heavy atom. The minimum absolute atomic E-state index is 0.0439. The van der Waals surface area contributed by atoms with Crippen molar-refractivity contribution in [2.24, 2.45) is 5.92 Å². The lowest BCUT2D eigenvalue weighted by Crippen LogP contribution is -2.68. The molecule has 2 aliphatic rings. The van der Waals surface area contributed by atoms with Gasteiger partial charge in [-0.15, -0.1) is 0 Å². The van der Waals surface area contributed by atoms with Crippen molar-refractivity contribution < 1.29 is 32.6 Å². The average Bonchev–Trinajstić information content (AvgIpc) is 2.40. The lowest BCUT2D eigenvalue weighted by Gasteiger charge is -2.52. The van der Waals surface area contributed by atoms with Crippen LogP contribution in [-0.4, -0.2) is 70.5 Å². The van der Waals surface area contributed by atoms with E-state index in [0.717, 1.165) is 4.90 Å². The normalized spacial score (nSPS) is 22.1. The molecular formula is C15H23F3N2O4. The largest absolute Gasteiger partial charge is 0.471 e. The summed E-state index contributed by atoms with van der Waals surface area (Å²) in [5.74, 6) is -2.08. The maximum atomic E-state index is 12.4. The molecule has 2 saturated heterocycles.